The molecule has 0 amide bonds. The van der Waals surface area contributed by atoms with Crippen molar-refractivity contribution in [1.29, 1.82) is 0 Å². The number of benzene rings is 1. The Bertz CT molecular complexity index is 650. The monoisotopic (exact) mass is 337 g/mol. The minimum absolute atomic E-state index is 0.0446. The Balaban J connectivity index is 2.13. The third-order valence-electron chi connectivity index (χ3n) is 3.19. The predicted molar refractivity (Wildman–Crippen MR) is 73.9 cm³/mol. The summed E-state index contributed by atoms with van der Waals surface area (Å²) in [4.78, 5) is 11.3. The number of carboxylic acids is 1. The van der Waals surface area contributed by atoms with E-state index in [4.69, 9.17) is 4.74 Å². The van der Waals surface area contributed by atoms with Gasteiger partial charge in [0.1, 0.15) is 11.8 Å². The number of ether oxygens (including phenoxy) is 1. The molecule has 1 aromatic carbocycles. The highest BCUT2D eigenvalue weighted by Gasteiger charge is 2.30. The lowest BCUT2D eigenvalue weighted by atomic mass is 10.1. The molecule has 1 atom stereocenters. The molecule has 104 valence electrons. The van der Waals surface area contributed by atoms with E-state index in [-0.39, 0.29) is 11.8 Å². The van der Waals surface area contributed by atoms with E-state index in [1.807, 2.05) is 24.3 Å². The molecule has 0 bridgehead atoms. The van der Waals surface area contributed by atoms with Gasteiger partial charge in [-0.25, -0.2) is 9.48 Å². The first kappa shape index (κ1) is 13.3. The molecule has 7 heteroatoms. The van der Waals surface area contributed by atoms with Gasteiger partial charge in [0.15, 0.2) is 5.69 Å². The molecule has 3 rings (SSSR count). The van der Waals surface area contributed by atoms with Gasteiger partial charge in [-0.3, -0.25) is 0 Å². The summed E-state index contributed by atoms with van der Waals surface area (Å²) in [7, 11) is 0. The van der Waals surface area contributed by atoms with Crippen molar-refractivity contribution in [3.8, 4) is 5.69 Å². The SMILES string of the molecule is O=C(O)c1nnn(-c2cccc(Br)c2)c1C1CCCO1. The van der Waals surface area contributed by atoms with Crippen molar-refractivity contribution in [3.05, 3.63) is 40.1 Å². The summed E-state index contributed by atoms with van der Waals surface area (Å²) >= 11 is 3.39. The highest BCUT2D eigenvalue weighted by atomic mass is 79.9. The van der Waals surface area contributed by atoms with Crippen LogP contribution in [0.25, 0.3) is 5.69 Å². The van der Waals surface area contributed by atoms with E-state index in [9.17, 15) is 9.90 Å². The fourth-order valence-corrected chi connectivity index (χ4v) is 2.71. The van der Waals surface area contributed by atoms with Crippen LogP contribution in [0.1, 0.15) is 35.1 Å². The number of aromatic nitrogens is 3. The Kier molecular flexibility index (Phi) is 3.54. The second kappa shape index (κ2) is 5.34. The predicted octanol–water partition coefficient (Wildman–Crippen LogP) is 2.58. The number of aromatic carboxylic acids is 1. The molecule has 1 saturated heterocycles. The van der Waals surface area contributed by atoms with Gasteiger partial charge in [-0.2, -0.15) is 0 Å². The first-order chi connectivity index (χ1) is 9.66. The number of rotatable bonds is 3. The zero-order valence-electron chi connectivity index (χ0n) is 10.5. The lowest BCUT2D eigenvalue weighted by Gasteiger charge is -2.12. The zero-order valence-corrected chi connectivity index (χ0v) is 12.1. The number of hydrogen-bond acceptors (Lipinski definition) is 4. The summed E-state index contributed by atoms with van der Waals surface area (Å²) in [6.07, 6.45) is 1.42. The van der Waals surface area contributed by atoms with Gasteiger partial charge in [-0.05, 0) is 31.0 Å². The largest absolute Gasteiger partial charge is 0.476 e. The first-order valence-corrected chi connectivity index (χ1v) is 7.02. The van der Waals surface area contributed by atoms with Crippen molar-refractivity contribution in [2.45, 2.75) is 18.9 Å². The number of halogens is 1. The molecule has 20 heavy (non-hydrogen) atoms. The second-order valence-corrected chi connectivity index (χ2v) is 5.44. The van der Waals surface area contributed by atoms with E-state index in [1.54, 1.807) is 4.68 Å². The van der Waals surface area contributed by atoms with Gasteiger partial charge in [0, 0.05) is 11.1 Å². The maximum absolute atomic E-state index is 11.3. The molecule has 1 N–H and O–H groups in total. The molecule has 1 fully saturated rings. The average molecular weight is 338 g/mol. The molecule has 6 nitrogen and oxygen atoms in total. The molecular formula is C13H12BrN3O3. The van der Waals surface area contributed by atoms with Crippen molar-refractivity contribution >= 4 is 21.9 Å². The quantitative estimate of drug-likeness (QED) is 0.931. The van der Waals surface area contributed by atoms with Crippen LogP contribution in [0.3, 0.4) is 0 Å². The van der Waals surface area contributed by atoms with Crippen LogP contribution in [0, 0.1) is 0 Å². The van der Waals surface area contributed by atoms with Crippen LogP contribution in [0.4, 0.5) is 0 Å². The Labute approximate surface area is 123 Å². The van der Waals surface area contributed by atoms with E-state index < -0.39 is 5.97 Å². The van der Waals surface area contributed by atoms with Crippen molar-refractivity contribution in [1.82, 2.24) is 15.0 Å². The molecule has 1 aliphatic rings. The summed E-state index contributed by atoms with van der Waals surface area (Å²) < 4.78 is 8.04. The Hall–Kier alpha value is -1.73. The minimum atomic E-state index is -1.09. The summed E-state index contributed by atoms with van der Waals surface area (Å²) in [6, 6.07) is 7.47. The second-order valence-electron chi connectivity index (χ2n) is 4.52. The lowest BCUT2D eigenvalue weighted by molar-refractivity contribution is 0.0673. The van der Waals surface area contributed by atoms with Gasteiger partial charge in [0.2, 0.25) is 0 Å². The van der Waals surface area contributed by atoms with Gasteiger partial charge in [-0.15, -0.1) is 5.10 Å². The van der Waals surface area contributed by atoms with E-state index in [0.29, 0.717) is 12.3 Å². The van der Waals surface area contributed by atoms with Gasteiger partial charge in [0.05, 0.1) is 5.69 Å². The van der Waals surface area contributed by atoms with E-state index >= 15 is 0 Å². The number of carboxylic acid groups (broad SMARTS) is 1. The van der Waals surface area contributed by atoms with E-state index in [2.05, 4.69) is 26.2 Å². The van der Waals surface area contributed by atoms with Crippen molar-refractivity contribution < 1.29 is 14.6 Å². The topological polar surface area (TPSA) is 77.2 Å². The van der Waals surface area contributed by atoms with Crippen LogP contribution in [0.2, 0.25) is 0 Å². The third-order valence-corrected chi connectivity index (χ3v) is 3.69. The van der Waals surface area contributed by atoms with Crippen LogP contribution < -0.4 is 0 Å². The Morgan fingerprint density at radius 2 is 2.35 bits per heavy atom. The number of hydrogen-bond donors (Lipinski definition) is 1. The third kappa shape index (κ3) is 2.34. The highest BCUT2D eigenvalue weighted by Crippen LogP contribution is 2.31. The lowest BCUT2D eigenvalue weighted by Crippen LogP contribution is -2.11. The van der Waals surface area contributed by atoms with Crippen molar-refractivity contribution in [3.63, 3.8) is 0 Å². The maximum atomic E-state index is 11.3. The highest BCUT2D eigenvalue weighted by molar-refractivity contribution is 9.10. The molecule has 2 aromatic rings. The van der Waals surface area contributed by atoms with E-state index in [0.717, 1.165) is 23.0 Å². The summed E-state index contributed by atoms with van der Waals surface area (Å²) in [5.41, 5.74) is 1.22. The van der Waals surface area contributed by atoms with Crippen LogP contribution in [-0.2, 0) is 4.74 Å². The average Bonchev–Trinajstić information content (AvgIpc) is 3.07. The van der Waals surface area contributed by atoms with Crippen LogP contribution in [0.5, 0.6) is 0 Å². The fraction of sp³-hybridized carbons (Fsp3) is 0.308. The molecule has 0 radical (unpaired) electrons. The molecule has 2 heterocycles. The van der Waals surface area contributed by atoms with Gasteiger partial charge in [0.25, 0.3) is 0 Å². The first-order valence-electron chi connectivity index (χ1n) is 6.23. The Morgan fingerprint density at radius 1 is 1.50 bits per heavy atom. The molecule has 1 aliphatic heterocycles. The summed E-state index contributed by atoms with van der Waals surface area (Å²) in [5, 5.41) is 17.0. The number of nitrogens with zero attached hydrogens (tertiary/aromatic N) is 3. The molecule has 1 unspecified atom stereocenters. The zero-order chi connectivity index (χ0) is 14.1. The summed E-state index contributed by atoms with van der Waals surface area (Å²) in [6.45, 7) is 0.632. The molecule has 1 aromatic heterocycles. The maximum Gasteiger partial charge on any atom is 0.358 e. The fourth-order valence-electron chi connectivity index (χ4n) is 2.32. The van der Waals surface area contributed by atoms with Crippen LogP contribution >= 0.6 is 15.9 Å². The Morgan fingerprint density at radius 3 is 3.00 bits per heavy atom. The number of carbonyl (C=O) groups is 1. The summed E-state index contributed by atoms with van der Waals surface area (Å²) in [5.74, 6) is -1.09. The molecular weight excluding hydrogens is 326 g/mol. The standard InChI is InChI=1S/C13H12BrN3O3/c14-8-3-1-4-9(7-8)17-12(10-5-2-6-20-10)11(13(18)19)15-16-17/h1,3-4,7,10H,2,5-6H2,(H,18,19). The van der Waals surface area contributed by atoms with Crippen molar-refractivity contribution in [2.24, 2.45) is 0 Å². The molecule has 0 spiro atoms. The normalized spacial score (nSPS) is 18.4. The molecule has 0 saturated carbocycles. The molecule has 0 aliphatic carbocycles. The van der Waals surface area contributed by atoms with Crippen molar-refractivity contribution in [2.75, 3.05) is 6.61 Å². The van der Waals surface area contributed by atoms with Gasteiger partial charge < -0.3 is 9.84 Å². The van der Waals surface area contributed by atoms with Crippen LogP contribution in [-0.4, -0.2) is 32.7 Å². The van der Waals surface area contributed by atoms with Crippen LogP contribution in [0.15, 0.2) is 28.7 Å². The smallest absolute Gasteiger partial charge is 0.358 e. The van der Waals surface area contributed by atoms with E-state index in [1.165, 1.54) is 0 Å². The minimum Gasteiger partial charge on any atom is -0.476 e. The van der Waals surface area contributed by atoms with Gasteiger partial charge >= 0.3 is 5.97 Å². The van der Waals surface area contributed by atoms with Gasteiger partial charge in [-0.1, -0.05) is 27.2 Å².